The Morgan fingerprint density at radius 2 is 2.62 bits per heavy atom. The van der Waals surface area contributed by atoms with Crippen LogP contribution in [-0.4, -0.2) is 30.1 Å². The summed E-state index contributed by atoms with van der Waals surface area (Å²) in [4.78, 5) is 4.15. The van der Waals surface area contributed by atoms with Gasteiger partial charge in [-0.3, -0.25) is 10.0 Å². The van der Waals surface area contributed by atoms with Crippen molar-refractivity contribution < 1.29 is 0 Å². The zero-order valence-corrected chi connectivity index (χ0v) is 4.49. The Morgan fingerprint density at radius 1 is 1.62 bits per heavy atom. The molecule has 0 radical (unpaired) electrons. The van der Waals surface area contributed by atoms with E-state index in [-0.39, 0.29) is 0 Å². The van der Waals surface area contributed by atoms with Crippen LogP contribution in [0.2, 0.25) is 0 Å². The first-order valence-electron chi connectivity index (χ1n) is 2.79. The molecule has 0 aliphatic carbocycles. The molecular formula is C5H7N3. The van der Waals surface area contributed by atoms with Crippen LogP contribution >= 0.6 is 0 Å². The highest BCUT2D eigenvalue weighted by atomic mass is 15.5. The number of nitrogens with zero attached hydrogens (tertiary/aromatic N) is 3. The van der Waals surface area contributed by atoms with Crippen LogP contribution < -0.4 is 0 Å². The molecule has 3 nitrogen and oxygen atoms in total. The minimum Gasteiger partial charge on any atom is -0.265 e. The van der Waals surface area contributed by atoms with Gasteiger partial charge in [0.15, 0.2) is 0 Å². The van der Waals surface area contributed by atoms with Crippen LogP contribution in [0.25, 0.3) is 0 Å². The molecule has 3 rings (SSSR count). The Hall–Kier alpha value is -0.860. The van der Waals surface area contributed by atoms with Crippen molar-refractivity contribution in [3.05, 3.63) is 0 Å². The molecule has 0 aromatic carbocycles. The van der Waals surface area contributed by atoms with Crippen LogP contribution in [0.5, 0.6) is 0 Å². The highest BCUT2D eigenvalue weighted by Crippen LogP contribution is 2.09. The lowest BCUT2D eigenvalue weighted by Gasteiger charge is -2.25. The molecule has 8 heavy (non-hydrogen) atoms. The second-order valence-electron chi connectivity index (χ2n) is 2.05. The fraction of sp³-hybridized carbons (Fsp3) is 0.600. The van der Waals surface area contributed by atoms with Crippen molar-refractivity contribution in [2.75, 3.05) is 6.54 Å². The summed E-state index contributed by atoms with van der Waals surface area (Å²) in [5.74, 6) is 0. The number of hydrazone groups is 1. The number of hydrogen-bond acceptors (Lipinski definition) is 3. The van der Waals surface area contributed by atoms with E-state index >= 15 is 0 Å². The molecule has 42 valence electrons. The smallest absolute Gasteiger partial charge is 0.107 e. The van der Waals surface area contributed by atoms with Crippen LogP contribution in [0, 0.1) is 0 Å². The van der Waals surface area contributed by atoms with Crippen molar-refractivity contribution in [2.45, 2.75) is 12.5 Å². The molecule has 3 aliphatic rings. The predicted octanol–water partition coefficient (Wildman–Crippen LogP) is 0.0884. The van der Waals surface area contributed by atoms with Crippen LogP contribution in [0.15, 0.2) is 10.1 Å². The van der Waals surface area contributed by atoms with E-state index in [2.05, 4.69) is 10.1 Å². The van der Waals surface area contributed by atoms with Gasteiger partial charge >= 0.3 is 0 Å². The molecule has 3 aliphatic heterocycles. The lowest BCUT2D eigenvalue weighted by Crippen LogP contribution is -2.33. The van der Waals surface area contributed by atoms with Gasteiger partial charge in [-0.2, -0.15) is 5.10 Å². The van der Waals surface area contributed by atoms with E-state index in [9.17, 15) is 0 Å². The summed E-state index contributed by atoms with van der Waals surface area (Å²) in [6, 6.07) is 0.389. The van der Waals surface area contributed by atoms with Gasteiger partial charge in [0.1, 0.15) is 6.34 Å². The Balaban J connectivity index is 2.31. The molecule has 3 heteroatoms. The molecule has 0 saturated heterocycles. The highest BCUT2D eigenvalue weighted by molar-refractivity contribution is 5.74. The van der Waals surface area contributed by atoms with Crippen molar-refractivity contribution in [1.82, 2.24) is 5.01 Å². The second kappa shape index (κ2) is 1.31. The molecule has 2 bridgehead atoms. The number of hydrogen-bond donors (Lipinski definition) is 0. The maximum atomic E-state index is 4.15. The molecule has 0 aromatic heterocycles. The molecule has 1 atom stereocenters. The average Bonchev–Trinajstić information content (AvgIpc) is 1.92. The largest absolute Gasteiger partial charge is 0.265 e. The summed E-state index contributed by atoms with van der Waals surface area (Å²) in [6.07, 6.45) is 4.83. The standard InChI is InChI=1S/C5H7N3/c1-2-8-4-6-5(1)3-7-8/h3-5H,1-2H2. The molecular weight excluding hydrogens is 102 g/mol. The van der Waals surface area contributed by atoms with Gasteiger partial charge in [-0.25, -0.2) is 0 Å². The van der Waals surface area contributed by atoms with Crippen molar-refractivity contribution in [3.63, 3.8) is 0 Å². The summed E-state index contributed by atoms with van der Waals surface area (Å²) < 4.78 is 0. The summed E-state index contributed by atoms with van der Waals surface area (Å²) in [6.45, 7) is 1.05. The zero-order valence-electron chi connectivity index (χ0n) is 4.49. The van der Waals surface area contributed by atoms with Gasteiger partial charge < -0.3 is 0 Å². The monoisotopic (exact) mass is 109 g/mol. The summed E-state index contributed by atoms with van der Waals surface area (Å²) in [7, 11) is 0. The Bertz CT molecular complexity index is 120. The third-order valence-corrected chi connectivity index (χ3v) is 1.43. The van der Waals surface area contributed by atoms with Crippen LogP contribution in [-0.2, 0) is 0 Å². The topological polar surface area (TPSA) is 28.0 Å². The van der Waals surface area contributed by atoms with E-state index in [1.807, 2.05) is 11.2 Å². The van der Waals surface area contributed by atoms with Crippen LogP contribution in [0.4, 0.5) is 0 Å². The maximum Gasteiger partial charge on any atom is 0.107 e. The minimum atomic E-state index is 0.389. The van der Waals surface area contributed by atoms with Crippen molar-refractivity contribution in [1.29, 1.82) is 0 Å². The lowest BCUT2D eigenvalue weighted by molar-refractivity contribution is 0.394. The number of rotatable bonds is 0. The quantitative estimate of drug-likeness (QED) is 0.433. The summed E-state index contributed by atoms with van der Waals surface area (Å²) >= 11 is 0. The predicted molar refractivity (Wildman–Crippen MR) is 32.1 cm³/mol. The van der Waals surface area contributed by atoms with Gasteiger partial charge in [0.25, 0.3) is 0 Å². The molecule has 0 fully saturated rings. The third-order valence-electron chi connectivity index (χ3n) is 1.43. The fourth-order valence-electron chi connectivity index (χ4n) is 0.923. The first kappa shape index (κ1) is 4.06. The van der Waals surface area contributed by atoms with Crippen LogP contribution in [0.3, 0.4) is 0 Å². The summed E-state index contributed by atoms with van der Waals surface area (Å²) in [5, 5.41) is 5.92. The Kier molecular flexibility index (Phi) is 0.664. The van der Waals surface area contributed by atoms with Gasteiger partial charge in [-0.1, -0.05) is 0 Å². The zero-order chi connectivity index (χ0) is 5.40. The molecule has 0 amide bonds. The van der Waals surface area contributed by atoms with E-state index in [4.69, 9.17) is 0 Å². The molecule has 0 aromatic rings. The fourth-order valence-corrected chi connectivity index (χ4v) is 0.923. The van der Waals surface area contributed by atoms with E-state index in [0.717, 1.165) is 13.0 Å². The highest BCUT2D eigenvalue weighted by Gasteiger charge is 2.15. The molecule has 0 spiro atoms. The van der Waals surface area contributed by atoms with E-state index in [1.165, 1.54) is 0 Å². The lowest BCUT2D eigenvalue weighted by atomic mass is 10.2. The van der Waals surface area contributed by atoms with Crippen molar-refractivity contribution in [3.8, 4) is 0 Å². The van der Waals surface area contributed by atoms with Crippen LogP contribution in [0.1, 0.15) is 6.42 Å². The van der Waals surface area contributed by atoms with Gasteiger partial charge in [-0.15, -0.1) is 0 Å². The number of fused-ring (bicyclic) bond motifs is 1. The first-order valence-corrected chi connectivity index (χ1v) is 2.79. The summed E-state index contributed by atoms with van der Waals surface area (Å²) in [5.41, 5.74) is 0. The number of aliphatic imine (C=N–C) groups is 1. The molecule has 1 unspecified atom stereocenters. The van der Waals surface area contributed by atoms with Gasteiger partial charge in [0, 0.05) is 12.8 Å². The Labute approximate surface area is 47.7 Å². The normalized spacial score (nSPS) is 32.0. The SMILES string of the molecule is C1=NC2C=NN1CC2. The van der Waals surface area contributed by atoms with Crippen molar-refractivity contribution in [2.24, 2.45) is 10.1 Å². The second-order valence-corrected chi connectivity index (χ2v) is 2.05. The third kappa shape index (κ3) is 0.441. The van der Waals surface area contributed by atoms with E-state index in [1.54, 1.807) is 6.34 Å². The van der Waals surface area contributed by atoms with E-state index in [0.29, 0.717) is 6.04 Å². The molecule has 0 saturated carbocycles. The van der Waals surface area contributed by atoms with E-state index < -0.39 is 0 Å². The van der Waals surface area contributed by atoms with Gasteiger partial charge in [0.05, 0.1) is 6.04 Å². The molecule has 3 heterocycles. The first-order chi connectivity index (χ1) is 3.95. The molecule has 0 N–H and O–H groups in total. The maximum absolute atomic E-state index is 4.15. The average molecular weight is 109 g/mol. The minimum absolute atomic E-state index is 0.389. The van der Waals surface area contributed by atoms with Gasteiger partial charge in [-0.05, 0) is 6.42 Å². The Morgan fingerprint density at radius 3 is 2.75 bits per heavy atom. The van der Waals surface area contributed by atoms with Gasteiger partial charge in [0.2, 0.25) is 0 Å². The van der Waals surface area contributed by atoms with Crippen molar-refractivity contribution >= 4 is 12.6 Å².